The lowest BCUT2D eigenvalue weighted by atomic mass is 9.84. The van der Waals surface area contributed by atoms with Crippen molar-refractivity contribution in [3.63, 3.8) is 0 Å². The van der Waals surface area contributed by atoms with Crippen molar-refractivity contribution in [3.05, 3.63) is 35.6 Å². The second-order valence-electron chi connectivity index (χ2n) is 6.09. The molecule has 124 valence electrons. The number of carbonyl (C=O) groups is 1. The maximum atomic E-state index is 13.8. The molecule has 0 spiro atoms. The van der Waals surface area contributed by atoms with Gasteiger partial charge in [0.25, 0.3) is 0 Å². The SMILES string of the molecule is CCCS(=O)(=O)[C@@H](C)C(=O)NCC(C)(C)c1ccccc1F. The van der Waals surface area contributed by atoms with Gasteiger partial charge in [0.2, 0.25) is 5.91 Å². The van der Waals surface area contributed by atoms with E-state index < -0.39 is 26.4 Å². The van der Waals surface area contributed by atoms with Crippen LogP contribution in [0.15, 0.2) is 24.3 Å². The number of hydrogen-bond acceptors (Lipinski definition) is 3. The van der Waals surface area contributed by atoms with Crippen LogP contribution < -0.4 is 5.32 Å². The minimum Gasteiger partial charge on any atom is -0.354 e. The number of amides is 1. The van der Waals surface area contributed by atoms with Gasteiger partial charge in [-0.05, 0) is 25.0 Å². The molecule has 1 N–H and O–H groups in total. The van der Waals surface area contributed by atoms with E-state index in [2.05, 4.69) is 5.32 Å². The summed E-state index contributed by atoms with van der Waals surface area (Å²) in [5, 5.41) is 1.53. The molecule has 0 fully saturated rings. The van der Waals surface area contributed by atoms with E-state index in [9.17, 15) is 17.6 Å². The lowest BCUT2D eigenvalue weighted by Crippen LogP contribution is -2.44. The summed E-state index contributed by atoms with van der Waals surface area (Å²) in [5.74, 6) is -0.899. The molecule has 0 aromatic heterocycles. The summed E-state index contributed by atoms with van der Waals surface area (Å²) in [5.41, 5.74) is -0.144. The molecule has 0 aliphatic carbocycles. The quantitative estimate of drug-likeness (QED) is 0.836. The van der Waals surface area contributed by atoms with Crippen LogP contribution in [0.3, 0.4) is 0 Å². The Bertz CT molecular complexity index is 626. The molecule has 1 rings (SSSR count). The van der Waals surface area contributed by atoms with E-state index in [0.29, 0.717) is 12.0 Å². The Morgan fingerprint density at radius 3 is 2.45 bits per heavy atom. The molecule has 0 aliphatic heterocycles. The van der Waals surface area contributed by atoms with Gasteiger partial charge in [0.15, 0.2) is 9.84 Å². The standard InChI is InChI=1S/C16H24FNO3S/c1-5-10-22(20,21)12(2)15(19)18-11-16(3,4)13-8-6-7-9-14(13)17/h6-9,12H,5,10-11H2,1-4H3,(H,18,19)/t12-/m0/s1. The third-order valence-electron chi connectivity index (χ3n) is 3.70. The van der Waals surface area contributed by atoms with Gasteiger partial charge in [-0.25, -0.2) is 12.8 Å². The summed E-state index contributed by atoms with van der Waals surface area (Å²) >= 11 is 0. The second kappa shape index (κ2) is 7.22. The zero-order valence-electron chi connectivity index (χ0n) is 13.5. The van der Waals surface area contributed by atoms with Crippen LogP contribution in [-0.2, 0) is 20.0 Å². The lowest BCUT2D eigenvalue weighted by Gasteiger charge is -2.26. The number of carbonyl (C=O) groups excluding carboxylic acids is 1. The fraction of sp³-hybridized carbons (Fsp3) is 0.562. The molecule has 1 aromatic rings. The van der Waals surface area contributed by atoms with E-state index in [-0.39, 0.29) is 18.1 Å². The predicted octanol–water partition coefficient (Wildman–Crippen LogP) is 2.43. The largest absolute Gasteiger partial charge is 0.354 e. The monoisotopic (exact) mass is 329 g/mol. The van der Waals surface area contributed by atoms with Gasteiger partial charge >= 0.3 is 0 Å². The van der Waals surface area contributed by atoms with E-state index in [1.807, 2.05) is 0 Å². The second-order valence-corrected chi connectivity index (χ2v) is 8.53. The van der Waals surface area contributed by atoms with Crippen LogP contribution in [0.1, 0.15) is 39.7 Å². The number of halogens is 1. The number of hydrogen-bond donors (Lipinski definition) is 1. The fourth-order valence-electron chi connectivity index (χ4n) is 2.18. The number of sulfone groups is 1. The van der Waals surface area contributed by atoms with Crippen molar-refractivity contribution in [2.75, 3.05) is 12.3 Å². The van der Waals surface area contributed by atoms with E-state index in [1.54, 1.807) is 39.0 Å². The van der Waals surface area contributed by atoms with Gasteiger partial charge in [0.05, 0.1) is 5.75 Å². The minimum absolute atomic E-state index is 0.0156. The van der Waals surface area contributed by atoms with Gasteiger partial charge < -0.3 is 5.32 Å². The number of rotatable bonds is 7. The van der Waals surface area contributed by atoms with Crippen molar-refractivity contribution in [2.45, 2.75) is 44.8 Å². The maximum absolute atomic E-state index is 13.8. The van der Waals surface area contributed by atoms with E-state index in [0.717, 1.165) is 0 Å². The van der Waals surface area contributed by atoms with Crippen molar-refractivity contribution in [1.29, 1.82) is 0 Å². The van der Waals surface area contributed by atoms with Crippen molar-refractivity contribution >= 4 is 15.7 Å². The molecule has 4 nitrogen and oxygen atoms in total. The summed E-state index contributed by atoms with van der Waals surface area (Å²) in [6.45, 7) is 6.91. The van der Waals surface area contributed by atoms with E-state index in [4.69, 9.17) is 0 Å². The normalized spacial score (nSPS) is 13.7. The number of nitrogens with one attached hydrogen (secondary N) is 1. The van der Waals surface area contributed by atoms with E-state index in [1.165, 1.54) is 13.0 Å². The molecule has 1 amide bonds. The Kier molecular flexibility index (Phi) is 6.11. The first kappa shape index (κ1) is 18.6. The minimum atomic E-state index is -3.44. The molecule has 0 aliphatic rings. The first-order valence-electron chi connectivity index (χ1n) is 7.36. The summed E-state index contributed by atoms with van der Waals surface area (Å²) in [7, 11) is -3.44. The van der Waals surface area contributed by atoms with Crippen LogP contribution in [0.5, 0.6) is 0 Å². The van der Waals surface area contributed by atoms with Gasteiger partial charge in [-0.3, -0.25) is 4.79 Å². The van der Waals surface area contributed by atoms with Crippen molar-refractivity contribution in [3.8, 4) is 0 Å². The molecule has 22 heavy (non-hydrogen) atoms. The average molecular weight is 329 g/mol. The van der Waals surface area contributed by atoms with Crippen LogP contribution in [0.2, 0.25) is 0 Å². The van der Waals surface area contributed by atoms with Crippen LogP contribution in [0, 0.1) is 5.82 Å². The fourth-order valence-corrected chi connectivity index (χ4v) is 3.51. The molecule has 0 unspecified atom stereocenters. The van der Waals surface area contributed by atoms with Gasteiger partial charge in [-0.2, -0.15) is 0 Å². The van der Waals surface area contributed by atoms with Gasteiger partial charge in [0.1, 0.15) is 11.1 Å². The zero-order chi connectivity index (χ0) is 17.0. The first-order valence-corrected chi connectivity index (χ1v) is 9.07. The molecule has 0 saturated carbocycles. The Hall–Kier alpha value is -1.43. The third kappa shape index (κ3) is 4.53. The highest BCUT2D eigenvalue weighted by Crippen LogP contribution is 2.24. The molecule has 0 radical (unpaired) electrons. The molecule has 0 heterocycles. The van der Waals surface area contributed by atoms with Crippen molar-refractivity contribution < 1.29 is 17.6 Å². The predicted molar refractivity (Wildman–Crippen MR) is 86.0 cm³/mol. The van der Waals surface area contributed by atoms with Crippen molar-refractivity contribution in [2.24, 2.45) is 0 Å². The molecule has 1 aromatic carbocycles. The lowest BCUT2D eigenvalue weighted by molar-refractivity contribution is -0.120. The summed E-state index contributed by atoms with van der Waals surface area (Å²) in [4.78, 5) is 12.0. The molecule has 0 bridgehead atoms. The first-order chi connectivity index (χ1) is 10.1. The maximum Gasteiger partial charge on any atom is 0.238 e. The van der Waals surface area contributed by atoms with Crippen LogP contribution >= 0.6 is 0 Å². The molecule has 1 atom stereocenters. The summed E-state index contributed by atoms with van der Waals surface area (Å²) in [6, 6.07) is 6.37. The highest BCUT2D eigenvalue weighted by atomic mass is 32.2. The Balaban J connectivity index is 2.77. The Morgan fingerprint density at radius 1 is 1.32 bits per heavy atom. The zero-order valence-corrected chi connectivity index (χ0v) is 14.3. The number of benzene rings is 1. The van der Waals surface area contributed by atoms with Gasteiger partial charge in [-0.15, -0.1) is 0 Å². The molecule has 0 saturated heterocycles. The summed E-state index contributed by atoms with van der Waals surface area (Å²) in [6.07, 6.45) is 0.473. The topological polar surface area (TPSA) is 63.2 Å². The van der Waals surface area contributed by atoms with Gasteiger partial charge in [-0.1, -0.05) is 39.0 Å². The third-order valence-corrected chi connectivity index (χ3v) is 5.97. The molecular formula is C16H24FNO3S. The highest BCUT2D eigenvalue weighted by molar-refractivity contribution is 7.92. The van der Waals surface area contributed by atoms with Crippen LogP contribution in [0.4, 0.5) is 4.39 Å². The van der Waals surface area contributed by atoms with Crippen LogP contribution in [-0.4, -0.2) is 31.9 Å². The highest BCUT2D eigenvalue weighted by Gasteiger charge is 2.30. The van der Waals surface area contributed by atoms with Crippen LogP contribution in [0.25, 0.3) is 0 Å². The average Bonchev–Trinajstić information content (AvgIpc) is 2.44. The Morgan fingerprint density at radius 2 is 1.91 bits per heavy atom. The Labute approximate surface area is 132 Å². The van der Waals surface area contributed by atoms with Crippen molar-refractivity contribution in [1.82, 2.24) is 5.32 Å². The van der Waals surface area contributed by atoms with E-state index >= 15 is 0 Å². The smallest absolute Gasteiger partial charge is 0.238 e. The molecule has 6 heteroatoms. The van der Waals surface area contributed by atoms with Gasteiger partial charge in [0, 0.05) is 12.0 Å². The summed E-state index contributed by atoms with van der Waals surface area (Å²) < 4.78 is 37.6. The molecular weight excluding hydrogens is 305 g/mol.